The molecule has 0 saturated heterocycles. The van der Waals surface area contributed by atoms with E-state index < -0.39 is 0 Å². The van der Waals surface area contributed by atoms with Gasteiger partial charge in [0.15, 0.2) is 0 Å². The van der Waals surface area contributed by atoms with E-state index in [0.717, 1.165) is 4.68 Å². The minimum Gasteiger partial charge on any atom is -0.382 e. The van der Waals surface area contributed by atoms with Crippen molar-refractivity contribution in [3.05, 3.63) is 24.4 Å². The van der Waals surface area contributed by atoms with E-state index in [-0.39, 0.29) is 23.7 Å². The molecule has 1 aromatic rings. The zero-order valence-electron chi connectivity index (χ0n) is 9.43. The number of nitriles is 1. The largest absolute Gasteiger partial charge is 0.382 e. The number of rotatable bonds is 6. The molecule has 0 radical (unpaired) electrons. The lowest BCUT2D eigenvalue weighted by Gasteiger charge is -2.03. The van der Waals surface area contributed by atoms with E-state index in [1.54, 1.807) is 6.08 Å². The average Bonchev–Trinajstić information content (AvgIpc) is 2.70. The molecule has 0 aliphatic heterocycles. The Morgan fingerprint density at radius 2 is 2.53 bits per heavy atom. The number of aromatic nitrogens is 2. The number of carbonyl (C=O) groups excluding carboxylic acids is 1. The van der Waals surface area contributed by atoms with Gasteiger partial charge >= 0.3 is 0 Å². The Morgan fingerprint density at radius 3 is 3.12 bits per heavy atom. The van der Waals surface area contributed by atoms with Crippen LogP contribution in [0.1, 0.15) is 23.2 Å². The number of hydrogen-bond acceptors (Lipinski definition) is 5. The lowest BCUT2D eigenvalue weighted by molar-refractivity contribution is 0.0862. The molecule has 0 aliphatic carbocycles. The van der Waals surface area contributed by atoms with Gasteiger partial charge in [-0.2, -0.15) is 15.0 Å². The summed E-state index contributed by atoms with van der Waals surface area (Å²) in [5.74, 6) is -0.157. The lowest BCUT2D eigenvalue weighted by atomic mass is 10.3. The number of hydrogen-bond donors (Lipinski definition) is 1. The van der Waals surface area contributed by atoms with Crippen molar-refractivity contribution in [3.8, 4) is 6.07 Å². The van der Waals surface area contributed by atoms with E-state index in [9.17, 15) is 4.79 Å². The number of ether oxygens (including phenoxy) is 1. The Balaban J connectivity index is 2.45. The number of nitrogen functional groups attached to an aromatic ring is 1. The fourth-order valence-electron chi connectivity index (χ4n) is 1.24. The van der Waals surface area contributed by atoms with Crippen LogP contribution in [0.25, 0.3) is 0 Å². The Bertz CT molecular complexity index is 445. The van der Waals surface area contributed by atoms with Crippen LogP contribution < -0.4 is 5.73 Å². The second kappa shape index (κ2) is 6.45. The summed E-state index contributed by atoms with van der Waals surface area (Å²) in [5, 5.41) is 12.4. The smallest absolute Gasteiger partial charge is 0.248 e. The monoisotopic (exact) mass is 234 g/mol. The maximum atomic E-state index is 11.7. The van der Waals surface area contributed by atoms with E-state index in [4.69, 9.17) is 15.7 Å². The van der Waals surface area contributed by atoms with Crippen molar-refractivity contribution < 1.29 is 9.53 Å². The van der Waals surface area contributed by atoms with Crippen molar-refractivity contribution in [3.63, 3.8) is 0 Å². The van der Waals surface area contributed by atoms with Crippen LogP contribution in [-0.2, 0) is 4.74 Å². The molecule has 6 heteroatoms. The van der Waals surface area contributed by atoms with Gasteiger partial charge in [0.1, 0.15) is 17.5 Å². The van der Waals surface area contributed by atoms with Gasteiger partial charge in [0.2, 0.25) is 5.91 Å². The zero-order valence-corrected chi connectivity index (χ0v) is 9.43. The van der Waals surface area contributed by atoms with Gasteiger partial charge < -0.3 is 10.5 Å². The van der Waals surface area contributed by atoms with Gasteiger partial charge in [-0.15, -0.1) is 6.58 Å². The van der Waals surface area contributed by atoms with Crippen molar-refractivity contribution in [2.75, 3.05) is 18.9 Å². The second-order valence-corrected chi connectivity index (χ2v) is 3.33. The maximum absolute atomic E-state index is 11.7. The van der Waals surface area contributed by atoms with Gasteiger partial charge in [-0.25, -0.2) is 0 Å². The first-order valence-corrected chi connectivity index (χ1v) is 5.16. The summed E-state index contributed by atoms with van der Waals surface area (Å²) in [5.41, 5.74) is 5.79. The molecule has 0 unspecified atom stereocenters. The molecule has 6 nitrogen and oxygen atoms in total. The fraction of sp³-hybridized carbons (Fsp3) is 0.364. The molecule has 1 heterocycles. The summed E-state index contributed by atoms with van der Waals surface area (Å²) in [6, 6.07) is 1.86. The third-order valence-electron chi connectivity index (χ3n) is 2.08. The molecular formula is C11H14N4O2. The molecule has 0 saturated carbocycles. The molecule has 0 amide bonds. The molecule has 1 rings (SSSR count). The van der Waals surface area contributed by atoms with Crippen LogP contribution in [0, 0.1) is 11.3 Å². The molecule has 0 aliphatic rings. The zero-order chi connectivity index (χ0) is 12.7. The summed E-state index contributed by atoms with van der Waals surface area (Å²) in [6.45, 7) is 4.46. The lowest BCUT2D eigenvalue weighted by Crippen LogP contribution is -2.15. The van der Waals surface area contributed by atoms with Gasteiger partial charge in [0.25, 0.3) is 0 Å². The Hall–Kier alpha value is -2.13. The third kappa shape index (κ3) is 3.43. The van der Waals surface area contributed by atoms with Crippen LogP contribution >= 0.6 is 0 Å². The number of anilines is 1. The topological polar surface area (TPSA) is 93.9 Å². The number of carbonyl (C=O) groups is 1. The first-order chi connectivity index (χ1) is 8.20. The average molecular weight is 234 g/mol. The highest BCUT2D eigenvalue weighted by atomic mass is 16.5. The number of nitrogens with zero attached hydrogens (tertiary/aromatic N) is 3. The van der Waals surface area contributed by atoms with Crippen LogP contribution in [0.5, 0.6) is 0 Å². The van der Waals surface area contributed by atoms with Crippen LogP contribution in [0.2, 0.25) is 0 Å². The van der Waals surface area contributed by atoms with Gasteiger partial charge in [-0.3, -0.25) is 4.79 Å². The predicted octanol–water partition coefficient (Wildman–Crippen LogP) is 0.960. The summed E-state index contributed by atoms with van der Waals surface area (Å²) < 4.78 is 6.19. The van der Waals surface area contributed by atoms with E-state index in [1.165, 1.54) is 6.20 Å². The van der Waals surface area contributed by atoms with Crippen LogP contribution in [0.15, 0.2) is 18.9 Å². The molecule has 1 aromatic heterocycles. The second-order valence-electron chi connectivity index (χ2n) is 3.33. The highest BCUT2D eigenvalue weighted by molar-refractivity contribution is 5.81. The summed E-state index contributed by atoms with van der Waals surface area (Å²) in [7, 11) is 0. The molecule has 0 spiro atoms. The molecule has 0 bridgehead atoms. The minimum atomic E-state index is -0.244. The molecule has 2 N–H and O–H groups in total. The van der Waals surface area contributed by atoms with Gasteiger partial charge in [-0.1, -0.05) is 6.08 Å². The Labute approximate surface area is 99.3 Å². The van der Waals surface area contributed by atoms with Crippen molar-refractivity contribution in [2.45, 2.75) is 12.8 Å². The fourth-order valence-corrected chi connectivity index (χ4v) is 1.24. The third-order valence-corrected chi connectivity index (χ3v) is 2.08. The first kappa shape index (κ1) is 12.9. The highest BCUT2D eigenvalue weighted by Gasteiger charge is 2.12. The van der Waals surface area contributed by atoms with Crippen molar-refractivity contribution in [1.29, 1.82) is 5.26 Å². The molecule has 0 aromatic carbocycles. The molecule has 0 atom stereocenters. The predicted molar refractivity (Wildman–Crippen MR) is 62.2 cm³/mol. The molecular weight excluding hydrogens is 220 g/mol. The van der Waals surface area contributed by atoms with Crippen molar-refractivity contribution >= 4 is 11.7 Å². The van der Waals surface area contributed by atoms with E-state index in [1.807, 2.05) is 6.07 Å². The summed E-state index contributed by atoms with van der Waals surface area (Å²) >= 11 is 0. The minimum absolute atomic E-state index is 0.0875. The molecule has 17 heavy (non-hydrogen) atoms. The molecule has 0 fully saturated rings. The van der Waals surface area contributed by atoms with E-state index in [0.29, 0.717) is 19.6 Å². The number of nitrogens with two attached hydrogens (primary N) is 1. The van der Waals surface area contributed by atoms with Crippen LogP contribution in [-0.4, -0.2) is 28.9 Å². The standard InChI is InChI=1S/C11H14N4O2/c1-2-5-17-6-3-4-10(16)15-11(13)9(7-12)8-14-15/h2,8H,1,3-6,13H2. The highest BCUT2D eigenvalue weighted by Crippen LogP contribution is 2.10. The van der Waals surface area contributed by atoms with Crippen LogP contribution in [0.4, 0.5) is 5.82 Å². The molecule has 90 valence electrons. The van der Waals surface area contributed by atoms with Gasteiger partial charge in [-0.05, 0) is 6.42 Å². The van der Waals surface area contributed by atoms with E-state index >= 15 is 0 Å². The quantitative estimate of drug-likeness (QED) is 0.584. The van der Waals surface area contributed by atoms with Crippen molar-refractivity contribution in [2.24, 2.45) is 0 Å². The summed E-state index contributed by atoms with van der Waals surface area (Å²) in [6.07, 6.45) is 3.77. The normalized spacial score (nSPS) is 9.82. The van der Waals surface area contributed by atoms with Crippen molar-refractivity contribution in [1.82, 2.24) is 9.78 Å². The first-order valence-electron chi connectivity index (χ1n) is 5.16. The Morgan fingerprint density at radius 1 is 1.76 bits per heavy atom. The van der Waals surface area contributed by atoms with Crippen LogP contribution in [0.3, 0.4) is 0 Å². The maximum Gasteiger partial charge on any atom is 0.248 e. The van der Waals surface area contributed by atoms with Gasteiger partial charge in [0.05, 0.1) is 12.8 Å². The summed E-state index contributed by atoms with van der Waals surface area (Å²) in [4.78, 5) is 11.7. The van der Waals surface area contributed by atoms with E-state index in [2.05, 4.69) is 11.7 Å². The SMILES string of the molecule is C=CCOCCCC(=O)n1ncc(C#N)c1N. The Kier molecular flexibility index (Phi) is 4.91. The van der Waals surface area contributed by atoms with Gasteiger partial charge in [0, 0.05) is 13.0 Å².